The summed E-state index contributed by atoms with van der Waals surface area (Å²) >= 11 is 7.96. The van der Waals surface area contributed by atoms with Crippen LogP contribution in [0.5, 0.6) is 0 Å². The van der Waals surface area contributed by atoms with E-state index in [1.807, 2.05) is 32.6 Å². The standard InChI is InChI=1S/C13H16ClN3S/c1-9(15-2)12-5-4-10(6-13(12)14)18-11-7-16-17(3)8-11/h4-9,15H,1-3H3. The van der Waals surface area contributed by atoms with Gasteiger partial charge in [0.05, 0.1) is 11.1 Å². The number of halogens is 1. The van der Waals surface area contributed by atoms with E-state index < -0.39 is 0 Å². The first-order chi connectivity index (χ1) is 8.60. The Morgan fingerprint density at radius 2 is 2.17 bits per heavy atom. The van der Waals surface area contributed by atoms with E-state index in [0.29, 0.717) is 0 Å². The number of aromatic nitrogens is 2. The van der Waals surface area contributed by atoms with Crippen LogP contribution in [0.4, 0.5) is 0 Å². The van der Waals surface area contributed by atoms with Gasteiger partial charge in [-0.15, -0.1) is 0 Å². The molecule has 1 aromatic carbocycles. The fourth-order valence-corrected chi connectivity index (χ4v) is 2.96. The van der Waals surface area contributed by atoms with Crippen molar-refractivity contribution < 1.29 is 0 Å². The third kappa shape index (κ3) is 3.07. The molecule has 1 aromatic heterocycles. The maximum atomic E-state index is 6.30. The molecule has 0 saturated carbocycles. The SMILES string of the molecule is CNC(C)c1ccc(Sc2cnn(C)c2)cc1Cl. The first-order valence-corrected chi connectivity index (χ1v) is 6.93. The Balaban J connectivity index is 2.18. The van der Waals surface area contributed by atoms with Gasteiger partial charge in [-0.05, 0) is 31.7 Å². The molecular weight excluding hydrogens is 266 g/mol. The zero-order valence-electron chi connectivity index (χ0n) is 10.6. The number of nitrogens with zero attached hydrogens (tertiary/aromatic N) is 2. The Morgan fingerprint density at radius 1 is 1.39 bits per heavy atom. The largest absolute Gasteiger partial charge is 0.313 e. The quantitative estimate of drug-likeness (QED) is 0.930. The zero-order chi connectivity index (χ0) is 13.1. The summed E-state index contributed by atoms with van der Waals surface area (Å²) in [4.78, 5) is 2.24. The van der Waals surface area contributed by atoms with E-state index in [0.717, 1.165) is 20.4 Å². The Labute approximate surface area is 117 Å². The lowest BCUT2D eigenvalue weighted by Gasteiger charge is -2.13. The van der Waals surface area contributed by atoms with Crippen molar-refractivity contribution in [3.05, 3.63) is 41.2 Å². The Kier molecular flexibility index (Phi) is 4.32. The minimum absolute atomic E-state index is 0.259. The van der Waals surface area contributed by atoms with Crippen molar-refractivity contribution in [2.24, 2.45) is 7.05 Å². The highest BCUT2D eigenvalue weighted by atomic mass is 35.5. The predicted octanol–water partition coefficient (Wildman–Crippen LogP) is 3.51. The van der Waals surface area contributed by atoms with E-state index in [1.54, 1.807) is 16.4 Å². The molecule has 18 heavy (non-hydrogen) atoms. The topological polar surface area (TPSA) is 29.9 Å². The second-order valence-corrected chi connectivity index (χ2v) is 5.70. The summed E-state index contributed by atoms with van der Waals surface area (Å²) < 4.78 is 1.79. The fraction of sp³-hybridized carbons (Fsp3) is 0.308. The summed E-state index contributed by atoms with van der Waals surface area (Å²) in [5.41, 5.74) is 1.12. The predicted molar refractivity (Wildman–Crippen MR) is 76.3 cm³/mol. The monoisotopic (exact) mass is 281 g/mol. The maximum Gasteiger partial charge on any atom is 0.0629 e. The van der Waals surface area contributed by atoms with Crippen molar-refractivity contribution in [1.29, 1.82) is 0 Å². The Hall–Kier alpha value is -0.970. The van der Waals surface area contributed by atoms with E-state index in [4.69, 9.17) is 11.6 Å². The number of hydrogen-bond donors (Lipinski definition) is 1. The van der Waals surface area contributed by atoms with Crippen molar-refractivity contribution in [3.63, 3.8) is 0 Å². The molecule has 0 amide bonds. The summed E-state index contributed by atoms with van der Waals surface area (Å²) in [6, 6.07) is 6.42. The van der Waals surface area contributed by atoms with Gasteiger partial charge in [-0.2, -0.15) is 5.10 Å². The van der Waals surface area contributed by atoms with Gasteiger partial charge >= 0.3 is 0 Å². The van der Waals surface area contributed by atoms with Crippen LogP contribution in [0.2, 0.25) is 5.02 Å². The minimum atomic E-state index is 0.259. The van der Waals surface area contributed by atoms with Crippen molar-refractivity contribution in [2.75, 3.05) is 7.05 Å². The van der Waals surface area contributed by atoms with Crippen molar-refractivity contribution in [2.45, 2.75) is 22.8 Å². The lowest BCUT2D eigenvalue weighted by atomic mass is 10.1. The number of nitrogens with one attached hydrogen (secondary N) is 1. The van der Waals surface area contributed by atoms with Crippen LogP contribution < -0.4 is 5.32 Å². The molecule has 5 heteroatoms. The molecule has 0 spiro atoms. The van der Waals surface area contributed by atoms with Gasteiger partial charge in [-0.3, -0.25) is 4.68 Å². The average Bonchev–Trinajstić information content (AvgIpc) is 2.74. The molecule has 3 nitrogen and oxygen atoms in total. The Bertz CT molecular complexity index is 539. The first kappa shape index (κ1) is 13.5. The van der Waals surface area contributed by atoms with Gasteiger partial charge in [-0.1, -0.05) is 29.4 Å². The molecule has 1 atom stereocenters. The van der Waals surface area contributed by atoms with Gasteiger partial charge in [0, 0.05) is 29.2 Å². The van der Waals surface area contributed by atoms with Crippen LogP contribution in [0, 0.1) is 0 Å². The molecule has 1 heterocycles. The smallest absolute Gasteiger partial charge is 0.0629 e. The van der Waals surface area contributed by atoms with Crippen molar-refractivity contribution in [3.8, 4) is 0 Å². The van der Waals surface area contributed by atoms with Gasteiger partial charge in [-0.25, -0.2) is 0 Å². The molecular formula is C13H16ClN3S. The van der Waals surface area contributed by atoms with E-state index in [9.17, 15) is 0 Å². The normalized spacial score (nSPS) is 12.7. The highest BCUT2D eigenvalue weighted by Crippen LogP contribution is 2.32. The fourth-order valence-electron chi connectivity index (χ4n) is 1.67. The van der Waals surface area contributed by atoms with Crippen LogP contribution in [0.1, 0.15) is 18.5 Å². The molecule has 0 saturated heterocycles. The van der Waals surface area contributed by atoms with Crippen molar-refractivity contribution >= 4 is 23.4 Å². The van der Waals surface area contributed by atoms with Crippen LogP contribution in [0.3, 0.4) is 0 Å². The lowest BCUT2D eigenvalue weighted by molar-refractivity contribution is 0.652. The van der Waals surface area contributed by atoms with Crippen LogP contribution in [-0.4, -0.2) is 16.8 Å². The van der Waals surface area contributed by atoms with Crippen LogP contribution in [0.25, 0.3) is 0 Å². The number of benzene rings is 1. The molecule has 0 aliphatic rings. The van der Waals surface area contributed by atoms with Gasteiger partial charge < -0.3 is 5.32 Å². The molecule has 2 aromatic rings. The molecule has 0 radical (unpaired) electrons. The van der Waals surface area contributed by atoms with Gasteiger partial charge in [0.1, 0.15) is 0 Å². The summed E-state index contributed by atoms with van der Waals surface area (Å²) in [7, 11) is 3.84. The summed E-state index contributed by atoms with van der Waals surface area (Å²) in [5.74, 6) is 0. The van der Waals surface area contributed by atoms with Gasteiger partial charge in [0.25, 0.3) is 0 Å². The molecule has 1 unspecified atom stereocenters. The summed E-state index contributed by atoms with van der Waals surface area (Å²) in [6.45, 7) is 2.09. The molecule has 96 valence electrons. The number of rotatable bonds is 4. The van der Waals surface area contributed by atoms with E-state index in [1.165, 1.54) is 0 Å². The number of aryl methyl sites for hydroxylation is 1. The maximum absolute atomic E-state index is 6.30. The zero-order valence-corrected chi connectivity index (χ0v) is 12.2. The molecule has 0 aliphatic carbocycles. The molecule has 0 aliphatic heterocycles. The van der Waals surface area contributed by atoms with Crippen LogP contribution in [-0.2, 0) is 7.05 Å². The van der Waals surface area contributed by atoms with Crippen LogP contribution >= 0.6 is 23.4 Å². The third-order valence-corrected chi connectivity index (χ3v) is 4.05. The minimum Gasteiger partial charge on any atom is -0.313 e. The van der Waals surface area contributed by atoms with Crippen LogP contribution in [0.15, 0.2) is 40.4 Å². The molecule has 2 rings (SSSR count). The first-order valence-electron chi connectivity index (χ1n) is 5.73. The van der Waals surface area contributed by atoms with Gasteiger partial charge in [0.2, 0.25) is 0 Å². The van der Waals surface area contributed by atoms with Crippen molar-refractivity contribution in [1.82, 2.24) is 15.1 Å². The molecule has 0 fully saturated rings. The summed E-state index contributed by atoms with van der Waals surface area (Å²) in [5, 5.41) is 8.13. The third-order valence-electron chi connectivity index (χ3n) is 2.79. The Morgan fingerprint density at radius 3 is 2.72 bits per heavy atom. The van der Waals surface area contributed by atoms with E-state index in [2.05, 4.69) is 29.5 Å². The van der Waals surface area contributed by atoms with E-state index in [-0.39, 0.29) is 6.04 Å². The van der Waals surface area contributed by atoms with Gasteiger partial charge in [0.15, 0.2) is 0 Å². The second-order valence-electron chi connectivity index (χ2n) is 4.15. The summed E-state index contributed by atoms with van der Waals surface area (Å²) in [6.07, 6.45) is 3.84. The second kappa shape index (κ2) is 5.78. The highest BCUT2D eigenvalue weighted by Gasteiger charge is 2.09. The lowest BCUT2D eigenvalue weighted by Crippen LogP contribution is -2.12. The molecule has 0 bridgehead atoms. The van der Waals surface area contributed by atoms with E-state index >= 15 is 0 Å². The highest BCUT2D eigenvalue weighted by molar-refractivity contribution is 7.99. The molecule has 1 N–H and O–H groups in total. The average molecular weight is 282 g/mol. The number of hydrogen-bond acceptors (Lipinski definition) is 3.